The standard InChI is InChI=1S/C15H23BrN2/c1-4-15(3)11-18(9-5-8-17-15)13-7-6-12(2)14(16)10-13/h6-7,10,17H,4-5,8-9,11H2,1-3H3. The summed E-state index contributed by atoms with van der Waals surface area (Å²) in [7, 11) is 0. The lowest BCUT2D eigenvalue weighted by molar-refractivity contribution is 0.366. The first-order valence-corrected chi connectivity index (χ1v) is 7.59. The summed E-state index contributed by atoms with van der Waals surface area (Å²) in [6, 6.07) is 6.68. The van der Waals surface area contributed by atoms with E-state index in [1.54, 1.807) is 0 Å². The molecule has 1 aliphatic rings. The molecule has 0 bridgehead atoms. The summed E-state index contributed by atoms with van der Waals surface area (Å²) >= 11 is 3.64. The summed E-state index contributed by atoms with van der Waals surface area (Å²) in [4.78, 5) is 2.51. The van der Waals surface area contributed by atoms with Gasteiger partial charge in [0.1, 0.15) is 0 Å². The van der Waals surface area contributed by atoms with Gasteiger partial charge >= 0.3 is 0 Å². The van der Waals surface area contributed by atoms with Crippen molar-refractivity contribution in [1.29, 1.82) is 0 Å². The first-order chi connectivity index (χ1) is 8.54. The smallest absolute Gasteiger partial charge is 0.0378 e. The van der Waals surface area contributed by atoms with Gasteiger partial charge in [0.05, 0.1) is 0 Å². The molecule has 0 amide bonds. The van der Waals surface area contributed by atoms with Gasteiger partial charge < -0.3 is 10.2 Å². The molecule has 1 fully saturated rings. The minimum absolute atomic E-state index is 0.230. The maximum Gasteiger partial charge on any atom is 0.0378 e. The third-order valence-corrected chi connectivity index (χ3v) is 4.85. The average molecular weight is 311 g/mol. The van der Waals surface area contributed by atoms with E-state index in [1.807, 2.05) is 0 Å². The van der Waals surface area contributed by atoms with Crippen molar-refractivity contribution in [2.45, 2.75) is 39.2 Å². The zero-order valence-electron chi connectivity index (χ0n) is 11.6. The van der Waals surface area contributed by atoms with Crippen LogP contribution < -0.4 is 10.2 Å². The first-order valence-electron chi connectivity index (χ1n) is 6.80. The highest BCUT2D eigenvalue weighted by Crippen LogP contribution is 2.26. The van der Waals surface area contributed by atoms with Crippen LogP contribution in [0, 0.1) is 6.92 Å². The Morgan fingerprint density at radius 2 is 2.22 bits per heavy atom. The number of hydrogen-bond donors (Lipinski definition) is 1. The molecule has 1 unspecified atom stereocenters. The number of nitrogens with one attached hydrogen (secondary N) is 1. The van der Waals surface area contributed by atoms with Gasteiger partial charge in [-0.05, 0) is 50.9 Å². The molecule has 1 aromatic rings. The van der Waals surface area contributed by atoms with Gasteiger partial charge in [-0.1, -0.05) is 28.9 Å². The van der Waals surface area contributed by atoms with E-state index in [2.05, 4.69) is 65.1 Å². The van der Waals surface area contributed by atoms with Crippen LogP contribution in [-0.4, -0.2) is 25.2 Å². The highest BCUT2D eigenvalue weighted by molar-refractivity contribution is 9.10. The molecule has 3 heteroatoms. The van der Waals surface area contributed by atoms with E-state index < -0.39 is 0 Å². The summed E-state index contributed by atoms with van der Waals surface area (Å²) in [6.45, 7) is 10.1. The second-order valence-corrected chi connectivity index (χ2v) is 6.40. The van der Waals surface area contributed by atoms with E-state index >= 15 is 0 Å². The number of aryl methyl sites for hydroxylation is 1. The summed E-state index contributed by atoms with van der Waals surface area (Å²) in [5.41, 5.74) is 2.86. The van der Waals surface area contributed by atoms with Crippen molar-refractivity contribution in [3.63, 3.8) is 0 Å². The SMILES string of the molecule is CCC1(C)CN(c2ccc(C)c(Br)c2)CCCN1. The van der Waals surface area contributed by atoms with Crippen LogP contribution in [0.15, 0.2) is 22.7 Å². The lowest BCUT2D eigenvalue weighted by Crippen LogP contribution is -2.48. The monoisotopic (exact) mass is 310 g/mol. The van der Waals surface area contributed by atoms with Gasteiger partial charge in [0.2, 0.25) is 0 Å². The minimum atomic E-state index is 0.230. The van der Waals surface area contributed by atoms with Gasteiger partial charge in [-0.2, -0.15) is 0 Å². The zero-order chi connectivity index (χ0) is 13.2. The van der Waals surface area contributed by atoms with Crippen LogP contribution in [0.5, 0.6) is 0 Å². The molecule has 1 saturated heterocycles. The molecule has 100 valence electrons. The third-order valence-electron chi connectivity index (χ3n) is 4.00. The van der Waals surface area contributed by atoms with Gasteiger partial charge in [-0.3, -0.25) is 0 Å². The lowest BCUT2D eigenvalue weighted by atomic mass is 9.98. The van der Waals surface area contributed by atoms with Crippen LogP contribution in [0.4, 0.5) is 5.69 Å². The first kappa shape index (κ1) is 13.9. The van der Waals surface area contributed by atoms with Gasteiger partial charge in [-0.15, -0.1) is 0 Å². The predicted molar refractivity (Wildman–Crippen MR) is 82.4 cm³/mol. The number of hydrogen-bond acceptors (Lipinski definition) is 2. The summed E-state index contributed by atoms with van der Waals surface area (Å²) in [5, 5.41) is 3.68. The van der Waals surface area contributed by atoms with E-state index in [0.717, 1.165) is 26.1 Å². The fraction of sp³-hybridized carbons (Fsp3) is 0.600. The van der Waals surface area contributed by atoms with E-state index in [0.29, 0.717) is 0 Å². The highest BCUT2D eigenvalue weighted by Gasteiger charge is 2.27. The second-order valence-electron chi connectivity index (χ2n) is 5.55. The van der Waals surface area contributed by atoms with Gasteiger partial charge in [0.15, 0.2) is 0 Å². The molecule has 2 rings (SSSR count). The van der Waals surface area contributed by atoms with E-state index in [-0.39, 0.29) is 5.54 Å². The molecule has 0 aromatic heterocycles. The van der Waals surface area contributed by atoms with Crippen LogP contribution >= 0.6 is 15.9 Å². The molecule has 1 heterocycles. The molecule has 2 nitrogen and oxygen atoms in total. The minimum Gasteiger partial charge on any atom is -0.370 e. The Labute approximate surface area is 119 Å². The van der Waals surface area contributed by atoms with Gasteiger partial charge in [0.25, 0.3) is 0 Å². The summed E-state index contributed by atoms with van der Waals surface area (Å²) < 4.78 is 1.20. The van der Waals surface area contributed by atoms with Crippen molar-refractivity contribution in [2.24, 2.45) is 0 Å². The second kappa shape index (κ2) is 5.62. The van der Waals surface area contributed by atoms with Crippen molar-refractivity contribution in [3.8, 4) is 0 Å². The molecule has 1 N–H and O–H groups in total. The molecule has 1 atom stereocenters. The normalized spacial score (nSPS) is 25.0. The van der Waals surface area contributed by atoms with E-state index in [1.165, 1.54) is 22.1 Å². The van der Waals surface area contributed by atoms with Crippen molar-refractivity contribution < 1.29 is 0 Å². The Morgan fingerprint density at radius 1 is 1.44 bits per heavy atom. The number of benzene rings is 1. The van der Waals surface area contributed by atoms with Crippen LogP contribution in [-0.2, 0) is 0 Å². The largest absolute Gasteiger partial charge is 0.370 e. The van der Waals surface area contributed by atoms with Crippen molar-refractivity contribution >= 4 is 21.6 Å². The fourth-order valence-electron chi connectivity index (χ4n) is 2.45. The molecular weight excluding hydrogens is 288 g/mol. The van der Waals surface area contributed by atoms with E-state index in [4.69, 9.17) is 0 Å². The van der Waals surface area contributed by atoms with Crippen molar-refractivity contribution in [2.75, 3.05) is 24.5 Å². The Hall–Kier alpha value is -0.540. The Bertz CT molecular complexity index is 419. The number of halogens is 1. The Kier molecular flexibility index (Phi) is 4.33. The molecule has 1 aromatic carbocycles. The van der Waals surface area contributed by atoms with Crippen molar-refractivity contribution in [3.05, 3.63) is 28.2 Å². The predicted octanol–water partition coefficient (Wildman–Crippen LogP) is 3.73. The summed E-state index contributed by atoms with van der Waals surface area (Å²) in [6.07, 6.45) is 2.37. The Morgan fingerprint density at radius 3 is 2.89 bits per heavy atom. The number of rotatable bonds is 2. The van der Waals surface area contributed by atoms with Crippen molar-refractivity contribution in [1.82, 2.24) is 5.32 Å². The van der Waals surface area contributed by atoms with Gasteiger partial charge in [-0.25, -0.2) is 0 Å². The fourth-order valence-corrected chi connectivity index (χ4v) is 2.82. The number of anilines is 1. The molecule has 0 saturated carbocycles. The molecule has 0 radical (unpaired) electrons. The molecule has 1 aliphatic heterocycles. The lowest BCUT2D eigenvalue weighted by Gasteiger charge is -2.34. The maximum absolute atomic E-state index is 3.68. The van der Waals surface area contributed by atoms with Crippen LogP contribution in [0.1, 0.15) is 32.3 Å². The Balaban J connectivity index is 2.22. The third kappa shape index (κ3) is 3.07. The molecule has 0 aliphatic carbocycles. The summed E-state index contributed by atoms with van der Waals surface area (Å²) in [5.74, 6) is 0. The van der Waals surface area contributed by atoms with Crippen LogP contribution in [0.2, 0.25) is 0 Å². The average Bonchev–Trinajstić information content (AvgIpc) is 2.56. The quantitative estimate of drug-likeness (QED) is 0.895. The molecular formula is C15H23BrN2. The van der Waals surface area contributed by atoms with Crippen LogP contribution in [0.25, 0.3) is 0 Å². The van der Waals surface area contributed by atoms with Crippen LogP contribution in [0.3, 0.4) is 0 Å². The molecule has 18 heavy (non-hydrogen) atoms. The maximum atomic E-state index is 3.68. The topological polar surface area (TPSA) is 15.3 Å². The van der Waals surface area contributed by atoms with Gasteiger partial charge in [0, 0.05) is 28.8 Å². The highest BCUT2D eigenvalue weighted by atomic mass is 79.9. The number of nitrogens with zero attached hydrogens (tertiary/aromatic N) is 1. The molecule has 0 spiro atoms. The zero-order valence-corrected chi connectivity index (χ0v) is 13.2. The van der Waals surface area contributed by atoms with E-state index in [9.17, 15) is 0 Å².